The van der Waals surface area contributed by atoms with Gasteiger partial charge in [0.25, 0.3) is 0 Å². The standard InChI is InChI=1S/C27H18BrNO5/c1-14-5-4-6-15(13-14)22-20-21(26(33)29(25(20)32)17-11-9-16(28)10-12-17)27(34-22)23(30)18-7-2-3-8-19(18)24(27)31/h2-13,20-22H,1H3/t20-,21+,22-/m0/s1. The fourth-order valence-electron chi connectivity index (χ4n) is 5.51. The Bertz CT molecular complexity index is 1380. The van der Waals surface area contributed by atoms with E-state index in [1.807, 2.05) is 25.1 Å². The van der Waals surface area contributed by atoms with Crippen LogP contribution in [0.5, 0.6) is 0 Å². The van der Waals surface area contributed by atoms with Crippen molar-refractivity contribution >= 4 is 45.0 Å². The number of nitrogens with zero attached hydrogens (tertiary/aromatic N) is 1. The lowest BCUT2D eigenvalue weighted by Crippen LogP contribution is -2.51. The predicted octanol–water partition coefficient (Wildman–Crippen LogP) is 4.45. The number of imide groups is 1. The molecular formula is C27H18BrNO5. The molecule has 1 spiro atoms. The van der Waals surface area contributed by atoms with Crippen LogP contribution in [0.3, 0.4) is 0 Å². The van der Waals surface area contributed by atoms with Crippen molar-refractivity contribution in [1.29, 1.82) is 0 Å². The third kappa shape index (κ3) is 2.65. The van der Waals surface area contributed by atoms with Gasteiger partial charge in [-0.1, -0.05) is 70.0 Å². The molecule has 3 aromatic rings. The van der Waals surface area contributed by atoms with E-state index in [0.717, 1.165) is 14.9 Å². The molecule has 2 aliphatic heterocycles. The first-order valence-corrected chi connectivity index (χ1v) is 11.7. The molecule has 0 N–H and O–H groups in total. The number of hydrogen-bond donors (Lipinski definition) is 0. The summed E-state index contributed by atoms with van der Waals surface area (Å²) in [7, 11) is 0. The van der Waals surface area contributed by atoms with Crippen molar-refractivity contribution in [2.45, 2.75) is 18.6 Å². The Morgan fingerprint density at radius 2 is 1.47 bits per heavy atom. The number of Topliss-reactive ketones (excluding diaryl/α,β-unsaturated/α-hetero) is 2. The van der Waals surface area contributed by atoms with Crippen LogP contribution in [0.25, 0.3) is 0 Å². The Morgan fingerprint density at radius 3 is 2.09 bits per heavy atom. The Hall–Kier alpha value is -3.42. The predicted molar refractivity (Wildman–Crippen MR) is 126 cm³/mol. The highest BCUT2D eigenvalue weighted by Gasteiger charge is 2.74. The van der Waals surface area contributed by atoms with Crippen LogP contribution in [0.1, 0.15) is 37.9 Å². The van der Waals surface area contributed by atoms with E-state index < -0.39 is 46.9 Å². The highest BCUT2D eigenvalue weighted by molar-refractivity contribution is 9.10. The first-order valence-electron chi connectivity index (χ1n) is 10.9. The van der Waals surface area contributed by atoms with E-state index in [9.17, 15) is 19.2 Å². The summed E-state index contributed by atoms with van der Waals surface area (Å²) in [5.74, 6) is -4.44. The van der Waals surface area contributed by atoms with Gasteiger partial charge < -0.3 is 4.74 Å². The largest absolute Gasteiger partial charge is 0.349 e. The van der Waals surface area contributed by atoms with Gasteiger partial charge in [0, 0.05) is 15.6 Å². The molecule has 6 rings (SSSR count). The van der Waals surface area contributed by atoms with Crippen LogP contribution < -0.4 is 4.90 Å². The zero-order chi connectivity index (χ0) is 23.8. The second-order valence-corrected chi connectivity index (χ2v) is 9.80. The van der Waals surface area contributed by atoms with Gasteiger partial charge in [-0.15, -0.1) is 0 Å². The lowest BCUT2D eigenvalue weighted by Gasteiger charge is -2.27. The number of halogens is 1. The normalized spacial score (nSPS) is 24.8. The first-order chi connectivity index (χ1) is 16.3. The summed E-state index contributed by atoms with van der Waals surface area (Å²) in [6.07, 6.45) is -0.913. The third-order valence-corrected chi connectivity index (χ3v) is 7.50. The minimum absolute atomic E-state index is 0.221. The van der Waals surface area contributed by atoms with E-state index in [0.29, 0.717) is 11.3 Å². The molecule has 3 aliphatic rings. The Balaban J connectivity index is 1.55. The van der Waals surface area contributed by atoms with E-state index >= 15 is 0 Å². The van der Waals surface area contributed by atoms with Crippen molar-refractivity contribution in [2.75, 3.05) is 4.90 Å². The van der Waals surface area contributed by atoms with Gasteiger partial charge in [-0.2, -0.15) is 0 Å². The minimum Gasteiger partial charge on any atom is -0.349 e. The molecule has 0 bridgehead atoms. The molecule has 2 amide bonds. The summed E-state index contributed by atoms with van der Waals surface area (Å²) < 4.78 is 7.09. The van der Waals surface area contributed by atoms with Crippen LogP contribution in [0.2, 0.25) is 0 Å². The van der Waals surface area contributed by atoms with Gasteiger partial charge in [0.1, 0.15) is 0 Å². The summed E-state index contributed by atoms with van der Waals surface area (Å²) in [4.78, 5) is 56.2. The van der Waals surface area contributed by atoms with Gasteiger partial charge >= 0.3 is 0 Å². The number of aryl methyl sites for hydroxylation is 1. The van der Waals surface area contributed by atoms with Crippen LogP contribution in [-0.2, 0) is 14.3 Å². The number of carbonyl (C=O) groups excluding carboxylic acids is 4. The quantitative estimate of drug-likeness (QED) is 0.372. The maximum atomic E-state index is 13.8. The molecule has 0 radical (unpaired) electrons. The molecule has 34 heavy (non-hydrogen) atoms. The lowest BCUT2D eigenvalue weighted by atomic mass is 9.77. The van der Waals surface area contributed by atoms with Gasteiger partial charge in [-0.3, -0.25) is 19.2 Å². The van der Waals surface area contributed by atoms with Gasteiger partial charge in [-0.25, -0.2) is 4.90 Å². The van der Waals surface area contributed by atoms with Crippen molar-refractivity contribution in [3.8, 4) is 0 Å². The van der Waals surface area contributed by atoms with Crippen molar-refractivity contribution in [3.63, 3.8) is 0 Å². The first kappa shape index (κ1) is 21.1. The summed E-state index contributed by atoms with van der Waals surface area (Å²) in [6, 6.07) is 20.6. The van der Waals surface area contributed by atoms with Gasteiger partial charge in [0.15, 0.2) is 0 Å². The van der Waals surface area contributed by atoms with Crippen LogP contribution in [0, 0.1) is 18.8 Å². The molecule has 2 heterocycles. The topological polar surface area (TPSA) is 80.8 Å². The van der Waals surface area contributed by atoms with E-state index in [1.165, 1.54) is 0 Å². The number of anilines is 1. The highest BCUT2D eigenvalue weighted by atomic mass is 79.9. The number of amides is 2. The van der Waals surface area contributed by atoms with Crippen LogP contribution in [-0.4, -0.2) is 29.0 Å². The maximum Gasteiger partial charge on any atom is 0.241 e. The molecule has 3 atom stereocenters. The molecule has 7 heteroatoms. The molecule has 2 saturated heterocycles. The van der Waals surface area contributed by atoms with E-state index in [1.54, 1.807) is 54.6 Å². The monoisotopic (exact) mass is 515 g/mol. The van der Waals surface area contributed by atoms with Crippen LogP contribution in [0.15, 0.2) is 77.3 Å². The molecule has 168 valence electrons. The summed E-state index contributed by atoms with van der Waals surface area (Å²) in [6.45, 7) is 1.91. The summed E-state index contributed by atoms with van der Waals surface area (Å²) >= 11 is 3.36. The number of ether oxygens (including phenoxy) is 1. The van der Waals surface area contributed by atoms with Gasteiger partial charge in [0.05, 0.1) is 23.6 Å². The van der Waals surface area contributed by atoms with Crippen molar-refractivity contribution in [2.24, 2.45) is 11.8 Å². The zero-order valence-corrected chi connectivity index (χ0v) is 19.6. The van der Waals surface area contributed by atoms with Gasteiger partial charge in [-0.05, 0) is 36.8 Å². The summed E-state index contributed by atoms with van der Waals surface area (Å²) in [5.41, 5.74) is 0.368. The number of carbonyl (C=O) groups is 4. The molecular weight excluding hydrogens is 498 g/mol. The molecule has 3 aromatic carbocycles. The Kier molecular flexibility index (Phi) is 4.53. The lowest BCUT2D eigenvalue weighted by molar-refractivity contribution is -0.127. The molecule has 2 fully saturated rings. The van der Waals surface area contributed by atoms with Crippen molar-refractivity contribution < 1.29 is 23.9 Å². The molecule has 6 nitrogen and oxygen atoms in total. The second kappa shape index (κ2) is 7.29. The average Bonchev–Trinajstić information content (AvgIpc) is 3.40. The van der Waals surface area contributed by atoms with E-state index in [-0.39, 0.29) is 11.1 Å². The fraction of sp³-hybridized carbons (Fsp3) is 0.185. The molecule has 0 saturated carbocycles. The number of ketones is 2. The molecule has 0 unspecified atom stereocenters. The molecule has 0 aromatic heterocycles. The number of fused-ring (bicyclic) bond motifs is 3. The second-order valence-electron chi connectivity index (χ2n) is 8.88. The Morgan fingerprint density at radius 1 is 0.824 bits per heavy atom. The number of hydrogen-bond acceptors (Lipinski definition) is 5. The Labute approximate surface area is 203 Å². The average molecular weight is 516 g/mol. The van der Waals surface area contributed by atoms with Crippen molar-refractivity contribution in [3.05, 3.63) is 99.5 Å². The highest BCUT2D eigenvalue weighted by Crippen LogP contribution is 2.57. The SMILES string of the molecule is Cc1cccc([C@@H]2OC3(C(=O)c4ccccc4C3=O)[C@H]3C(=O)N(c4ccc(Br)cc4)C(=O)[C@H]23)c1. The maximum absolute atomic E-state index is 13.8. The summed E-state index contributed by atoms with van der Waals surface area (Å²) in [5, 5.41) is 0. The van der Waals surface area contributed by atoms with E-state index in [2.05, 4.69) is 15.9 Å². The zero-order valence-electron chi connectivity index (χ0n) is 18.0. The smallest absolute Gasteiger partial charge is 0.241 e. The van der Waals surface area contributed by atoms with Crippen molar-refractivity contribution in [1.82, 2.24) is 0 Å². The van der Waals surface area contributed by atoms with E-state index in [4.69, 9.17) is 4.74 Å². The van der Waals surface area contributed by atoms with Crippen LogP contribution >= 0.6 is 15.9 Å². The number of benzene rings is 3. The number of rotatable bonds is 2. The molecule has 1 aliphatic carbocycles. The fourth-order valence-corrected chi connectivity index (χ4v) is 5.77. The van der Waals surface area contributed by atoms with Crippen LogP contribution in [0.4, 0.5) is 5.69 Å². The van der Waals surface area contributed by atoms with Gasteiger partial charge in [0.2, 0.25) is 29.0 Å². The third-order valence-electron chi connectivity index (χ3n) is 6.97. The minimum atomic E-state index is -2.06.